The van der Waals surface area contributed by atoms with E-state index in [9.17, 15) is 18.0 Å². The van der Waals surface area contributed by atoms with Gasteiger partial charge >= 0.3 is 5.97 Å². The summed E-state index contributed by atoms with van der Waals surface area (Å²) in [6.07, 6.45) is 0.484. The first kappa shape index (κ1) is 15.9. The highest BCUT2D eigenvalue weighted by Crippen LogP contribution is 2.28. The molecule has 0 saturated carbocycles. The van der Waals surface area contributed by atoms with E-state index in [1.807, 2.05) is 0 Å². The average molecular weight is 338 g/mol. The van der Waals surface area contributed by atoms with Gasteiger partial charge in [-0.25, -0.2) is 13.2 Å². The zero-order valence-corrected chi connectivity index (χ0v) is 12.6. The summed E-state index contributed by atoms with van der Waals surface area (Å²) in [5, 5.41) is 19.1. The maximum absolute atomic E-state index is 12.5. The number of hydrogen-bond acceptors (Lipinski definition) is 6. The monoisotopic (exact) mass is 338 g/mol. The van der Waals surface area contributed by atoms with Crippen LogP contribution in [0.25, 0.3) is 0 Å². The van der Waals surface area contributed by atoms with E-state index in [0.29, 0.717) is 6.08 Å². The number of ketones is 1. The Hall–Kier alpha value is -2.45. The van der Waals surface area contributed by atoms with Crippen molar-refractivity contribution in [3.8, 4) is 0 Å². The average Bonchev–Trinajstić information content (AvgIpc) is 2.98. The predicted octanol–water partition coefficient (Wildman–Crippen LogP) is 2.29. The second-order valence-electron chi connectivity index (χ2n) is 4.13. The minimum atomic E-state index is -3.90. The number of hydrogen-bond donors (Lipinski definition) is 2. The zero-order valence-electron chi connectivity index (χ0n) is 11.0. The number of carbonyl (C=O) groups is 2. The van der Waals surface area contributed by atoms with E-state index in [-0.39, 0.29) is 14.7 Å². The number of rotatable bonds is 5. The van der Waals surface area contributed by atoms with Gasteiger partial charge in [0, 0.05) is 6.08 Å². The zero-order chi connectivity index (χ0) is 16.3. The van der Waals surface area contributed by atoms with Gasteiger partial charge in [0.25, 0.3) is 0 Å². The standard InChI is InChI=1S/C14H10O6S2/c15-10(8-11(16)14(17)18)13-12(6-7-21-13)22(19,20)9-4-2-1-3-5-9/h1-8,16H,(H,17,18)/b11-8-. The number of carboxylic acid groups (broad SMARTS) is 1. The summed E-state index contributed by atoms with van der Waals surface area (Å²) < 4.78 is 25.0. The molecular weight excluding hydrogens is 328 g/mol. The first-order valence-electron chi connectivity index (χ1n) is 5.90. The largest absolute Gasteiger partial charge is 0.502 e. The maximum Gasteiger partial charge on any atom is 0.371 e. The number of carboxylic acids is 1. The van der Waals surface area contributed by atoms with Crippen LogP contribution in [0.15, 0.2) is 63.4 Å². The first-order chi connectivity index (χ1) is 10.3. The molecule has 2 N–H and O–H groups in total. The smallest absolute Gasteiger partial charge is 0.371 e. The molecule has 0 aliphatic carbocycles. The molecule has 1 heterocycles. The molecular formula is C14H10O6S2. The number of aliphatic hydroxyl groups excluding tert-OH is 1. The van der Waals surface area contributed by atoms with Crippen molar-refractivity contribution in [1.29, 1.82) is 0 Å². The molecule has 0 radical (unpaired) electrons. The third-order valence-corrected chi connectivity index (χ3v) is 5.55. The number of aliphatic hydroxyl groups is 1. The van der Waals surface area contributed by atoms with Gasteiger partial charge in [-0.2, -0.15) is 0 Å². The van der Waals surface area contributed by atoms with Crippen LogP contribution in [0.5, 0.6) is 0 Å². The summed E-state index contributed by atoms with van der Waals surface area (Å²) in [5.74, 6) is -3.71. The molecule has 0 aliphatic heterocycles. The van der Waals surface area contributed by atoms with Crippen LogP contribution in [0, 0.1) is 0 Å². The van der Waals surface area contributed by atoms with Crippen molar-refractivity contribution in [3.05, 3.63) is 58.5 Å². The summed E-state index contributed by atoms with van der Waals surface area (Å²) in [4.78, 5) is 22.1. The quantitative estimate of drug-likeness (QED) is 0.492. The van der Waals surface area contributed by atoms with E-state index in [4.69, 9.17) is 10.2 Å². The molecule has 0 aliphatic rings. The maximum atomic E-state index is 12.5. The number of sulfone groups is 1. The molecule has 1 aromatic carbocycles. The Labute approximate surface area is 129 Å². The number of carbonyl (C=O) groups excluding carboxylic acids is 1. The summed E-state index contributed by atoms with van der Waals surface area (Å²) in [6.45, 7) is 0. The van der Waals surface area contributed by atoms with Crippen molar-refractivity contribution in [2.24, 2.45) is 0 Å². The minimum Gasteiger partial charge on any atom is -0.502 e. The van der Waals surface area contributed by atoms with E-state index in [1.54, 1.807) is 18.2 Å². The fraction of sp³-hybridized carbons (Fsp3) is 0. The topological polar surface area (TPSA) is 109 Å². The number of thiophene rings is 1. The second-order valence-corrected chi connectivity index (χ2v) is 6.96. The Bertz CT molecular complexity index is 846. The molecule has 0 atom stereocenters. The number of aliphatic carboxylic acids is 1. The lowest BCUT2D eigenvalue weighted by atomic mass is 10.3. The summed E-state index contributed by atoms with van der Waals surface area (Å²) in [5.41, 5.74) is 0. The number of benzene rings is 1. The summed E-state index contributed by atoms with van der Waals surface area (Å²) in [7, 11) is -3.90. The van der Waals surface area contributed by atoms with Crippen LogP contribution in [-0.2, 0) is 14.6 Å². The Morgan fingerprint density at radius 2 is 1.68 bits per heavy atom. The Morgan fingerprint density at radius 3 is 2.27 bits per heavy atom. The molecule has 0 amide bonds. The molecule has 2 aromatic rings. The van der Waals surface area contributed by atoms with Crippen LogP contribution in [0.4, 0.5) is 0 Å². The first-order valence-corrected chi connectivity index (χ1v) is 8.26. The second kappa shape index (κ2) is 6.12. The highest BCUT2D eigenvalue weighted by molar-refractivity contribution is 7.91. The Morgan fingerprint density at radius 1 is 1.05 bits per heavy atom. The molecule has 0 bridgehead atoms. The normalized spacial score (nSPS) is 12.1. The third-order valence-electron chi connectivity index (χ3n) is 2.68. The molecule has 2 rings (SSSR count). The highest BCUT2D eigenvalue weighted by Gasteiger charge is 2.25. The van der Waals surface area contributed by atoms with Gasteiger partial charge in [-0.15, -0.1) is 11.3 Å². The fourth-order valence-electron chi connectivity index (χ4n) is 1.67. The fourth-order valence-corrected chi connectivity index (χ4v) is 4.29. The molecule has 1 aromatic heterocycles. The lowest BCUT2D eigenvalue weighted by molar-refractivity contribution is -0.135. The van der Waals surface area contributed by atoms with E-state index < -0.39 is 27.3 Å². The molecule has 114 valence electrons. The van der Waals surface area contributed by atoms with Gasteiger partial charge in [-0.3, -0.25) is 4.79 Å². The summed E-state index contributed by atoms with van der Waals surface area (Å²) in [6, 6.07) is 8.82. The molecule has 8 heteroatoms. The number of allylic oxidation sites excluding steroid dienone is 1. The van der Waals surface area contributed by atoms with Gasteiger partial charge in [0.1, 0.15) is 0 Å². The van der Waals surface area contributed by atoms with Crippen molar-refractivity contribution < 1.29 is 28.2 Å². The van der Waals surface area contributed by atoms with Crippen LogP contribution >= 0.6 is 11.3 Å². The van der Waals surface area contributed by atoms with Crippen molar-refractivity contribution in [2.45, 2.75) is 9.79 Å². The highest BCUT2D eigenvalue weighted by atomic mass is 32.2. The summed E-state index contributed by atoms with van der Waals surface area (Å²) >= 11 is 0.856. The molecule has 0 fully saturated rings. The Kier molecular flexibility index (Phi) is 4.43. The molecule has 0 unspecified atom stereocenters. The van der Waals surface area contributed by atoms with Crippen LogP contribution in [-0.4, -0.2) is 30.4 Å². The van der Waals surface area contributed by atoms with Crippen molar-refractivity contribution in [2.75, 3.05) is 0 Å². The third kappa shape index (κ3) is 3.07. The van der Waals surface area contributed by atoms with Crippen molar-refractivity contribution in [3.63, 3.8) is 0 Å². The molecule has 6 nitrogen and oxygen atoms in total. The lowest BCUT2D eigenvalue weighted by Crippen LogP contribution is -2.08. The van der Waals surface area contributed by atoms with E-state index >= 15 is 0 Å². The Balaban J connectivity index is 2.49. The van der Waals surface area contributed by atoms with E-state index in [2.05, 4.69) is 0 Å². The SMILES string of the molecule is O=C(O)/C(O)=C/C(=O)c1sccc1S(=O)(=O)c1ccccc1. The van der Waals surface area contributed by atoms with Crippen LogP contribution in [0.1, 0.15) is 9.67 Å². The molecule has 0 spiro atoms. The van der Waals surface area contributed by atoms with Crippen LogP contribution < -0.4 is 0 Å². The van der Waals surface area contributed by atoms with Crippen molar-refractivity contribution >= 4 is 32.9 Å². The van der Waals surface area contributed by atoms with Crippen LogP contribution in [0.2, 0.25) is 0 Å². The van der Waals surface area contributed by atoms with Gasteiger partial charge in [0.15, 0.2) is 0 Å². The van der Waals surface area contributed by atoms with E-state index in [1.165, 1.54) is 23.6 Å². The van der Waals surface area contributed by atoms with Gasteiger partial charge in [0.05, 0.1) is 14.7 Å². The predicted molar refractivity (Wildman–Crippen MR) is 78.9 cm³/mol. The van der Waals surface area contributed by atoms with Crippen molar-refractivity contribution in [1.82, 2.24) is 0 Å². The lowest BCUT2D eigenvalue weighted by Gasteiger charge is -2.04. The van der Waals surface area contributed by atoms with E-state index in [0.717, 1.165) is 11.3 Å². The minimum absolute atomic E-state index is 0.0221. The van der Waals surface area contributed by atoms with Gasteiger partial charge in [-0.1, -0.05) is 18.2 Å². The molecule has 0 saturated heterocycles. The van der Waals surface area contributed by atoms with Gasteiger partial charge in [0.2, 0.25) is 21.4 Å². The van der Waals surface area contributed by atoms with Gasteiger partial charge in [-0.05, 0) is 23.6 Å². The molecule has 22 heavy (non-hydrogen) atoms. The van der Waals surface area contributed by atoms with Crippen LogP contribution in [0.3, 0.4) is 0 Å². The van der Waals surface area contributed by atoms with Gasteiger partial charge < -0.3 is 10.2 Å².